The molecule has 0 aliphatic carbocycles. The molecule has 0 amide bonds. The first-order valence-electron chi connectivity index (χ1n) is 3.09. The Balaban J connectivity index is 0. The SMILES string of the molecule is O=CC(=O)c1ccc(Cl)c(Cl)c1.[H-].[Na+]. The van der Waals surface area contributed by atoms with Crippen LogP contribution in [0.25, 0.3) is 0 Å². The summed E-state index contributed by atoms with van der Waals surface area (Å²) in [6.07, 6.45) is 0.236. The van der Waals surface area contributed by atoms with E-state index < -0.39 is 5.78 Å². The summed E-state index contributed by atoms with van der Waals surface area (Å²) in [5, 5.41) is 0.628. The molecule has 1 aromatic rings. The maximum absolute atomic E-state index is 10.8. The van der Waals surface area contributed by atoms with Gasteiger partial charge in [-0.1, -0.05) is 23.2 Å². The zero-order valence-electron chi connectivity index (χ0n) is 7.88. The smallest absolute Gasteiger partial charge is 1.00 e. The van der Waals surface area contributed by atoms with Gasteiger partial charge in [0.15, 0.2) is 6.29 Å². The number of benzene rings is 1. The largest absolute Gasteiger partial charge is 1.00 e. The minimum atomic E-state index is -0.603. The Hall–Kier alpha value is 0.140. The molecule has 1 aromatic carbocycles. The van der Waals surface area contributed by atoms with Crippen molar-refractivity contribution in [1.29, 1.82) is 0 Å². The predicted molar refractivity (Wildman–Crippen MR) is 48.0 cm³/mol. The molecule has 0 N–H and O–H groups in total. The van der Waals surface area contributed by atoms with Crippen molar-refractivity contribution in [3.05, 3.63) is 33.8 Å². The van der Waals surface area contributed by atoms with Crippen LogP contribution in [0.5, 0.6) is 0 Å². The standard InChI is InChI=1S/C8H4Cl2O2.Na.H/c9-6-2-1-5(3-7(6)10)8(12)4-11;;/h1-4H;;/q;+1;-1. The molecule has 64 valence electrons. The number of Topliss-reactive ketones (excluding diaryl/α,β-unsaturated/α-hetero) is 1. The van der Waals surface area contributed by atoms with E-state index in [0.29, 0.717) is 5.02 Å². The van der Waals surface area contributed by atoms with Crippen LogP contribution in [0.1, 0.15) is 11.8 Å². The molecule has 0 aliphatic heterocycles. The molecule has 2 nitrogen and oxygen atoms in total. The molecule has 0 fully saturated rings. The monoisotopic (exact) mass is 226 g/mol. The van der Waals surface area contributed by atoms with Crippen molar-refractivity contribution in [2.24, 2.45) is 0 Å². The summed E-state index contributed by atoms with van der Waals surface area (Å²) in [4.78, 5) is 20.9. The zero-order chi connectivity index (χ0) is 9.14. The van der Waals surface area contributed by atoms with Crippen LogP contribution in [-0.4, -0.2) is 12.1 Å². The number of ketones is 1. The van der Waals surface area contributed by atoms with Crippen LogP contribution in [-0.2, 0) is 4.79 Å². The number of aldehydes is 1. The summed E-state index contributed by atoms with van der Waals surface area (Å²) in [7, 11) is 0. The third kappa shape index (κ3) is 3.41. The van der Waals surface area contributed by atoms with Gasteiger partial charge in [0.2, 0.25) is 5.78 Å². The molecule has 5 heteroatoms. The van der Waals surface area contributed by atoms with Crippen LogP contribution in [0.15, 0.2) is 18.2 Å². The number of carbonyl (C=O) groups excluding carboxylic acids is 2. The molecular formula is C8H5Cl2NaO2. The van der Waals surface area contributed by atoms with Crippen LogP contribution in [0, 0.1) is 0 Å². The van der Waals surface area contributed by atoms with E-state index in [1.54, 1.807) is 0 Å². The maximum atomic E-state index is 10.8. The first kappa shape index (κ1) is 13.1. The van der Waals surface area contributed by atoms with Gasteiger partial charge in [0.1, 0.15) is 0 Å². The van der Waals surface area contributed by atoms with Crippen LogP contribution in [0.4, 0.5) is 0 Å². The normalized spacial score (nSPS) is 8.77. The second-order valence-corrected chi connectivity index (χ2v) is 2.93. The van der Waals surface area contributed by atoms with Crippen LogP contribution in [0.2, 0.25) is 10.0 Å². The van der Waals surface area contributed by atoms with Crippen molar-refractivity contribution in [3.63, 3.8) is 0 Å². The molecule has 0 aromatic heterocycles. The zero-order valence-corrected chi connectivity index (χ0v) is 10.4. The Labute approximate surface area is 109 Å². The second kappa shape index (κ2) is 5.78. The van der Waals surface area contributed by atoms with Gasteiger partial charge in [-0.25, -0.2) is 0 Å². The molecule has 0 bridgehead atoms. The number of halogens is 2. The average molecular weight is 227 g/mol. The number of hydrogen-bond donors (Lipinski definition) is 0. The third-order valence-corrected chi connectivity index (χ3v) is 2.05. The fourth-order valence-electron chi connectivity index (χ4n) is 0.717. The Kier molecular flexibility index (Phi) is 5.85. The van der Waals surface area contributed by atoms with E-state index in [9.17, 15) is 9.59 Å². The first-order valence-corrected chi connectivity index (χ1v) is 3.85. The Morgan fingerprint density at radius 2 is 1.92 bits per heavy atom. The van der Waals surface area contributed by atoms with E-state index in [2.05, 4.69) is 0 Å². The second-order valence-electron chi connectivity index (χ2n) is 2.11. The quantitative estimate of drug-likeness (QED) is 0.295. The minimum absolute atomic E-state index is 0. The van der Waals surface area contributed by atoms with Gasteiger partial charge in [-0.15, -0.1) is 0 Å². The average Bonchev–Trinajstić information content (AvgIpc) is 2.08. The van der Waals surface area contributed by atoms with Crippen molar-refractivity contribution >= 4 is 35.3 Å². The topological polar surface area (TPSA) is 34.1 Å². The number of hydrogen-bond acceptors (Lipinski definition) is 2. The molecule has 0 atom stereocenters. The van der Waals surface area contributed by atoms with Gasteiger partial charge in [0.25, 0.3) is 0 Å². The van der Waals surface area contributed by atoms with Crippen LogP contribution in [0.3, 0.4) is 0 Å². The van der Waals surface area contributed by atoms with Crippen molar-refractivity contribution in [2.75, 3.05) is 0 Å². The van der Waals surface area contributed by atoms with Crippen molar-refractivity contribution in [2.45, 2.75) is 0 Å². The molecule has 13 heavy (non-hydrogen) atoms. The van der Waals surface area contributed by atoms with Crippen LogP contribution >= 0.6 is 23.2 Å². The Morgan fingerprint density at radius 3 is 2.38 bits per heavy atom. The van der Waals surface area contributed by atoms with Gasteiger partial charge in [-0.3, -0.25) is 9.59 Å². The fourth-order valence-corrected chi connectivity index (χ4v) is 1.02. The Bertz CT molecular complexity index is 344. The molecule has 0 spiro atoms. The fraction of sp³-hybridized carbons (Fsp3) is 0. The molecule has 0 heterocycles. The van der Waals surface area contributed by atoms with E-state index in [1.807, 2.05) is 0 Å². The third-order valence-electron chi connectivity index (χ3n) is 1.31. The maximum Gasteiger partial charge on any atom is 1.00 e. The van der Waals surface area contributed by atoms with E-state index >= 15 is 0 Å². The molecule has 0 unspecified atom stereocenters. The van der Waals surface area contributed by atoms with Crippen molar-refractivity contribution < 1.29 is 40.6 Å². The van der Waals surface area contributed by atoms with Gasteiger partial charge < -0.3 is 1.43 Å². The van der Waals surface area contributed by atoms with Gasteiger partial charge in [-0.2, -0.15) is 0 Å². The molecule has 0 saturated carbocycles. The summed E-state index contributed by atoms with van der Waals surface area (Å²) >= 11 is 11.2. The van der Waals surface area contributed by atoms with Crippen molar-refractivity contribution in [3.8, 4) is 0 Å². The summed E-state index contributed by atoms with van der Waals surface area (Å²) in [5.41, 5.74) is 0.249. The van der Waals surface area contributed by atoms with Gasteiger partial charge >= 0.3 is 29.6 Å². The summed E-state index contributed by atoms with van der Waals surface area (Å²) in [6, 6.07) is 4.28. The molecule has 1 rings (SSSR count). The van der Waals surface area contributed by atoms with E-state index in [0.717, 1.165) is 0 Å². The van der Waals surface area contributed by atoms with Gasteiger partial charge in [-0.05, 0) is 18.2 Å². The molecule has 0 radical (unpaired) electrons. The van der Waals surface area contributed by atoms with E-state index in [-0.39, 0.29) is 47.9 Å². The minimum Gasteiger partial charge on any atom is -1.00 e. The van der Waals surface area contributed by atoms with Gasteiger partial charge in [0.05, 0.1) is 10.0 Å². The summed E-state index contributed by atoms with van der Waals surface area (Å²) in [6.45, 7) is 0. The van der Waals surface area contributed by atoms with Gasteiger partial charge in [0, 0.05) is 5.56 Å². The number of carbonyl (C=O) groups is 2. The molecule has 0 aliphatic rings. The predicted octanol–water partition coefficient (Wildman–Crippen LogP) is -0.508. The summed E-state index contributed by atoms with van der Waals surface area (Å²) < 4.78 is 0. The Morgan fingerprint density at radius 1 is 1.31 bits per heavy atom. The molecular weight excluding hydrogens is 222 g/mol. The van der Waals surface area contributed by atoms with Crippen molar-refractivity contribution in [1.82, 2.24) is 0 Å². The van der Waals surface area contributed by atoms with E-state index in [1.165, 1.54) is 18.2 Å². The number of rotatable bonds is 2. The van der Waals surface area contributed by atoms with E-state index in [4.69, 9.17) is 23.2 Å². The molecule has 0 saturated heterocycles. The van der Waals surface area contributed by atoms with Crippen LogP contribution < -0.4 is 29.6 Å². The summed E-state index contributed by atoms with van der Waals surface area (Å²) in [5.74, 6) is -0.603. The first-order chi connectivity index (χ1) is 5.65.